The largest absolute Gasteiger partial charge is 0.240 e. The fourth-order valence-corrected chi connectivity index (χ4v) is 2.41. The van der Waals surface area contributed by atoms with E-state index in [0.717, 1.165) is 9.39 Å². The molecule has 2 rings (SSSR count). The highest BCUT2D eigenvalue weighted by atomic mass is 127. The Morgan fingerprint density at radius 1 is 1.15 bits per heavy atom. The van der Waals surface area contributed by atoms with Crippen molar-refractivity contribution in [3.63, 3.8) is 0 Å². The number of hydrogen-bond donors (Lipinski definition) is 0. The van der Waals surface area contributed by atoms with Crippen LogP contribution in [0.4, 0.5) is 0 Å². The first-order valence-electron chi connectivity index (χ1n) is 3.63. The van der Waals surface area contributed by atoms with E-state index in [1.807, 2.05) is 6.07 Å². The molecule has 0 bridgehead atoms. The molecule has 1 nitrogen and oxygen atoms in total. The molecule has 0 fully saturated rings. The molecule has 0 saturated carbocycles. The Bertz CT molecular complexity index is 412. The summed E-state index contributed by atoms with van der Waals surface area (Å²) in [7, 11) is 0. The van der Waals surface area contributed by atoms with Gasteiger partial charge in [0, 0.05) is 3.57 Å². The number of rotatable bonds is 1. The number of pyridine rings is 1. The lowest BCUT2D eigenvalue weighted by Crippen LogP contribution is -1.87. The molecule has 13 heavy (non-hydrogen) atoms. The van der Waals surface area contributed by atoms with Gasteiger partial charge in [0.2, 0.25) is 0 Å². The maximum Gasteiger partial charge on any atom is 0.115 e. The second kappa shape index (κ2) is 4.22. The van der Waals surface area contributed by atoms with Crippen molar-refractivity contribution in [2.24, 2.45) is 0 Å². The molecule has 0 spiro atoms. The average Bonchev–Trinajstić information content (AvgIpc) is 2.62. The van der Waals surface area contributed by atoms with Gasteiger partial charge in [0.1, 0.15) is 3.70 Å². The molecule has 0 N–H and O–H groups in total. The van der Waals surface area contributed by atoms with Gasteiger partial charge in [-0.1, -0.05) is 6.07 Å². The molecule has 0 aliphatic carbocycles. The third-order valence-electron chi connectivity index (χ3n) is 1.58. The van der Waals surface area contributed by atoms with E-state index in [-0.39, 0.29) is 0 Å². The first kappa shape index (κ1) is 9.85. The van der Waals surface area contributed by atoms with Crippen molar-refractivity contribution in [2.45, 2.75) is 0 Å². The highest BCUT2D eigenvalue weighted by Crippen LogP contribution is 2.24. The van der Waals surface area contributed by atoms with Crippen LogP contribution in [0.3, 0.4) is 0 Å². The molecular weight excluding hydrogens is 408 g/mol. The van der Waals surface area contributed by atoms with Gasteiger partial charge in [-0.3, -0.25) is 0 Å². The van der Waals surface area contributed by atoms with Gasteiger partial charge < -0.3 is 0 Å². The van der Waals surface area contributed by atoms with Crippen molar-refractivity contribution in [3.8, 4) is 10.6 Å². The number of halogens is 2. The summed E-state index contributed by atoms with van der Waals surface area (Å²) in [5.41, 5.74) is 1.07. The van der Waals surface area contributed by atoms with Crippen molar-refractivity contribution in [3.05, 3.63) is 36.9 Å². The van der Waals surface area contributed by atoms with Crippen molar-refractivity contribution in [1.82, 2.24) is 4.98 Å². The minimum absolute atomic E-state index is 1.07. The minimum atomic E-state index is 1.07. The molecule has 0 aromatic carbocycles. The Morgan fingerprint density at radius 2 is 2.00 bits per heavy atom. The van der Waals surface area contributed by atoms with E-state index < -0.39 is 0 Å². The van der Waals surface area contributed by atoms with Crippen LogP contribution >= 0.6 is 56.5 Å². The molecule has 4 heteroatoms. The molecule has 2 heterocycles. The molecule has 2 aromatic rings. The number of thiophene rings is 1. The van der Waals surface area contributed by atoms with Gasteiger partial charge in [0.05, 0.1) is 10.6 Å². The van der Waals surface area contributed by atoms with Crippen molar-refractivity contribution < 1.29 is 0 Å². The van der Waals surface area contributed by atoms with Gasteiger partial charge in [-0.15, -0.1) is 11.3 Å². The van der Waals surface area contributed by atoms with Crippen molar-refractivity contribution >= 4 is 56.5 Å². The van der Waals surface area contributed by atoms with Crippen LogP contribution in [0.15, 0.2) is 29.6 Å². The van der Waals surface area contributed by atoms with E-state index >= 15 is 0 Å². The van der Waals surface area contributed by atoms with E-state index in [4.69, 9.17) is 0 Å². The second-order valence-electron chi connectivity index (χ2n) is 2.45. The molecule has 0 unspecified atom stereocenters. The van der Waals surface area contributed by atoms with Gasteiger partial charge in [0.15, 0.2) is 0 Å². The fourth-order valence-electron chi connectivity index (χ4n) is 0.979. The monoisotopic (exact) mass is 413 g/mol. The highest BCUT2D eigenvalue weighted by molar-refractivity contribution is 14.1. The number of nitrogens with zero attached hydrogens (tertiary/aromatic N) is 1. The summed E-state index contributed by atoms with van der Waals surface area (Å²) in [4.78, 5) is 5.74. The summed E-state index contributed by atoms with van der Waals surface area (Å²) in [6.07, 6.45) is 0. The van der Waals surface area contributed by atoms with Crippen molar-refractivity contribution in [2.75, 3.05) is 0 Å². The summed E-state index contributed by atoms with van der Waals surface area (Å²) < 4.78 is 2.28. The normalized spacial score (nSPS) is 10.3. The maximum absolute atomic E-state index is 4.50. The lowest BCUT2D eigenvalue weighted by Gasteiger charge is -1.98. The first-order valence-corrected chi connectivity index (χ1v) is 6.67. The van der Waals surface area contributed by atoms with Crippen LogP contribution in [-0.2, 0) is 0 Å². The number of aromatic nitrogens is 1. The minimum Gasteiger partial charge on any atom is -0.240 e. The van der Waals surface area contributed by atoms with Gasteiger partial charge in [-0.05, 0) is 68.8 Å². The van der Waals surface area contributed by atoms with Gasteiger partial charge >= 0.3 is 0 Å². The Morgan fingerprint density at radius 3 is 2.62 bits per heavy atom. The molecule has 0 amide bonds. The molecule has 0 saturated heterocycles. The Hall–Kier alpha value is 0.310. The van der Waals surface area contributed by atoms with Gasteiger partial charge in [-0.25, -0.2) is 4.98 Å². The summed E-state index contributed by atoms with van der Waals surface area (Å²) in [5, 5.41) is 2.07. The lowest BCUT2D eigenvalue weighted by molar-refractivity contribution is 1.26. The smallest absolute Gasteiger partial charge is 0.115 e. The van der Waals surface area contributed by atoms with Crippen molar-refractivity contribution in [1.29, 1.82) is 0 Å². The van der Waals surface area contributed by atoms with E-state index in [2.05, 4.69) is 73.7 Å². The van der Waals surface area contributed by atoms with Crippen LogP contribution in [0.2, 0.25) is 0 Å². The van der Waals surface area contributed by atoms with Crippen LogP contribution in [0.1, 0.15) is 0 Å². The summed E-state index contributed by atoms with van der Waals surface area (Å²) in [6, 6.07) is 8.31. The van der Waals surface area contributed by atoms with E-state index in [1.54, 1.807) is 11.3 Å². The zero-order valence-electron chi connectivity index (χ0n) is 6.50. The van der Waals surface area contributed by atoms with E-state index in [1.165, 1.54) is 8.45 Å². The topological polar surface area (TPSA) is 12.9 Å². The van der Waals surface area contributed by atoms with Gasteiger partial charge in [-0.2, -0.15) is 0 Å². The fraction of sp³-hybridized carbons (Fsp3) is 0. The maximum atomic E-state index is 4.50. The SMILES string of the molecule is Ic1ccc(-c2cccs2)nc1I. The third kappa shape index (κ3) is 2.21. The van der Waals surface area contributed by atoms with Crippen LogP contribution < -0.4 is 0 Å². The summed E-state index contributed by atoms with van der Waals surface area (Å²) >= 11 is 6.28. The third-order valence-corrected chi connectivity index (χ3v) is 5.19. The standard InChI is InChI=1S/C9H5I2NS/c10-6-3-4-7(12-9(6)11)8-2-1-5-13-8/h1-5H. The Labute approximate surface area is 108 Å². The zero-order chi connectivity index (χ0) is 9.26. The molecule has 66 valence electrons. The molecule has 0 aliphatic heterocycles. The molecular formula is C9H5I2NS. The Balaban J connectivity index is 2.49. The van der Waals surface area contributed by atoms with Crippen LogP contribution in [-0.4, -0.2) is 4.98 Å². The predicted molar refractivity (Wildman–Crippen MR) is 73.0 cm³/mol. The van der Waals surface area contributed by atoms with Crippen LogP contribution in [0, 0.1) is 7.27 Å². The molecule has 0 aliphatic rings. The quantitative estimate of drug-likeness (QED) is 0.509. The zero-order valence-corrected chi connectivity index (χ0v) is 11.6. The highest BCUT2D eigenvalue weighted by Gasteiger charge is 2.02. The average molecular weight is 413 g/mol. The summed E-state index contributed by atoms with van der Waals surface area (Å²) in [5.74, 6) is 0. The van der Waals surface area contributed by atoms with Gasteiger partial charge in [0.25, 0.3) is 0 Å². The van der Waals surface area contributed by atoms with Crippen LogP contribution in [0.25, 0.3) is 10.6 Å². The molecule has 2 aromatic heterocycles. The van der Waals surface area contributed by atoms with E-state index in [9.17, 15) is 0 Å². The lowest BCUT2D eigenvalue weighted by atomic mass is 10.3. The Kier molecular flexibility index (Phi) is 3.20. The predicted octanol–water partition coefficient (Wildman–Crippen LogP) is 4.02. The second-order valence-corrected chi connectivity index (χ2v) is 5.58. The molecule has 0 atom stereocenters. The molecule has 0 radical (unpaired) electrons. The van der Waals surface area contributed by atoms with Crippen LogP contribution in [0.5, 0.6) is 0 Å². The first-order chi connectivity index (χ1) is 6.27. The number of hydrogen-bond acceptors (Lipinski definition) is 2. The summed E-state index contributed by atoms with van der Waals surface area (Å²) in [6.45, 7) is 0. The van der Waals surface area contributed by atoms with E-state index in [0.29, 0.717) is 0 Å².